The van der Waals surface area contributed by atoms with Crippen molar-refractivity contribution in [2.24, 2.45) is 5.92 Å². The maximum Gasteiger partial charge on any atom is 0.0725 e. The molecule has 2 rings (SSSR count). The summed E-state index contributed by atoms with van der Waals surface area (Å²) < 4.78 is 2.04. The Morgan fingerprint density at radius 3 is 3.00 bits per heavy atom. The summed E-state index contributed by atoms with van der Waals surface area (Å²) in [6, 6.07) is 0.685. The largest absolute Gasteiger partial charge is 0.317 e. The van der Waals surface area contributed by atoms with Crippen molar-refractivity contribution in [3.63, 3.8) is 0 Å². The van der Waals surface area contributed by atoms with Crippen molar-refractivity contribution in [3.8, 4) is 0 Å². The van der Waals surface area contributed by atoms with Crippen LogP contribution in [-0.2, 0) is 13.0 Å². The van der Waals surface area contributed by atoms with Crippen LogP contribution in [0.1, 0.15) is 38.3 Å². The molecule has 4 heteroatoms. The number of rotatable bonds is 7. The van der Waals surface area contributed by atoms with Crippen molar-refractivity contribution < 1.29 is 0 Å². The van der Waals surface area contributed by atoms with Crippen LogP contribution in [0, 0.1) is 5.92 Å². The smallest absolute Gasteiger partial charge is 0.0725 e. The van der Waals surface area contributed by atoms with Gasteiger partial charge >= 0.3 is 0 Å². The van der Waals surface area contributed by atoms with Gasteiger partial charge in [-0.05, 0) is 45.1 Å². The van der Waals surface area contributed by atoms with Crippen molar-refractivity contribution in [2.75, 3.05) is 7.05 Å². The standard InChI is InChI=1S/C12H22N4/c1-3-8-16-11(9-14-15-16)6-7-12(13-2)10-4-5-10/h9-10,12-13H,3-8H2,1-2H3. The molecule has 0 radical (unpaired) electrons. The fourth-order valence-corrected chi connectivity index (χ4v) is 2.29. The van der Waals surface area contributed by atoms with E-state index in [2.05, 4.69) is 29.6 Å². The Bertz CT molecular complexity index is 317. The second-order valence-electron chi connectivity index (χ2n) is 4.72. The van der Waals surface area contributed by atoms with E-state index in [1.54, 1.807) is 0 Å². The SMILES string of the molecule is CCCn1nncc1CCC(NC)C1CC1. The normalized spacial score (nSPS) is 17.6. The van der Waals surface area contributed by atoms with E-state index in [0.29, 0.717) is 6.04 Å². The summed E-state index contributed by atoms with van der Waals surface area (Å²) in [5, 5.41) is 11.5. The van der Waals surface area contributed by atoms with Crippen molar-refractivity contribution in [3.05, 3.63) is 11.9 Å². The molecule has 1 atom stereocenters. The Balaban J connectivity index is 1.85. The molecule has 1 aromatic rings. The van der Waals surface area contributed by atoms with Crippen molar-refractivity contribution in [2.45, 2.75) is 51.6 Å². The lowest BCUT2D eigenvalue weighted by molar-refractivity contribution is 0.457. The van der Waals surface area contributed by atoms with Crippen LogP contribution >= 0.6 is 0 Å². The Kier molecular flexibility index (Phi) is 3.93. The molecule has 0 saturated heterocycles. The molecule has 1 heterocycles. The highest BCUT2D eigenvalue weighted by molar-refractivity contribution is 4.97. The van der Waals surface area contributed by atoms with Crippen LogP contribution in [-0.4, -0.2) is 28.1 Å². The van der Waals surface area contributed by atoms with Gasteiger partial charge in [-0.3, -0.25) is 0 Å². The first-order valence-electron chi connectivity index (χ1n) is 6.39. The lowest BCUT2D eigenvalue weighted by Crippen LogP contribution is -2.28. The van der Waals surface area contributed by atoms with Gasteiger partial charge in [-0.1, -0.05) is 12.1 Å². The predicted octanol–water partition coefficient (Wildman–Crippen LogP) is 1.62. The average molecular weight is 222 g/mol. The number of hydrogen-bond acceptors (Lipinski definition) is 3. The van der Waals surface area contributed by atoms with Crippen LogP contribution in [0.5, 0.6) is 0 Å². The second kappa shape index (κ2) is 5.43. The third-order valence-corrected chi connectivity index (χ3v) is 3.41. The number of nitrogens with zero attached hydrogens (tertiary/aromatic N) is 3. The summed E-state index contributed by atoms with van der Waals surface area (Å²) in [5.74, 6) is 0.917. The molecule has 1 aliphatic rings. The van der Waals surface area contributed by atoms with Gasteiger partial charge in [0.1, 0.15) is 0 Å². The molecule has 4 nitrogen and oxygen atoms in total. The van der Waals surface area contributed by atoms with Gasteiger partial charge in [0, 0.05) is 12.6 Å². The van der Waals surface area contributed by atoms with Crippen molar-refractivity contribution in [1.82, 2.24) is 20.3 Å². The number of hydrogen-bond donors (Lipinski definition) is 1. The summed E-state index contributed by atoms with van der Waals surface area (Å²) in [4.78, 5) is 0. The van der Waals surface area contributed by atoms with E-state index in [-0.39, 0.29) is 0 Å². The maximum atomic E-state index is 4.12. The molecule has 0 aliphatic heterocycles. The zero-order valence-electron chi connectivity index (χ0n) is 10.3. The lowest BCUT2D eigenvalue weighted by Gasteiger charge is -2.15. The Hall–Kier alpha value is -0.900. The molecular weight excluding hydrogens is 200 g/mol. The predicted molar refractivity (Wildman–Crippen MR) is 64.2 cm³/mol. The zero-order chi connectivity index (χ0) is 11.4. The fraction of sp³-hybridized carbons (Fsp3) is 0.833. The van der Waals surface area contributed by atoms with Gasteiger partial charge < -0.3 is 5.32 Å². The molecule has 0 aromatic carbocycles. The first-order chi connectivity index (χ1) is 7.85. The van der Waals surface area contributed by atoms with Crippen LogP contribution in [0.2, 0.25) is 0 Å². The van der Waals surface area contributed by atoms with Crippen LogP contribution < -0.4 is 5.32 Å². The third kappa shape index (κ3) is 2.82. The van der Waals surface area contributed by atoms with E-state index in [4.69, 9.17) is 0 Å². The molecule has 1 fully saturated rings. The summed E-state index contributed by atoms with van der Waals surface area (Å²) in [5.41, 5.74) is 1.28. The zero-order valence-corrected chi connectivity index (χ0v) is 10.3. The number of aromatic nitrogens is 3. The molecule has 0 spiro atoms. The van der Waals surface area contributed by atoms with Crippen LogP contribution in [0.3, 0.4) is 0 Å². The van der Waals surface area contributed by atoms with Gasteiger partial charge in [0.2, 0.25) is 0 Å². The summed E-state index contributed by atoms with van der Waals surface area (Å²) in [6.07, 6.45) is 8.13. The molecule has 90 valence electrons. The average Bonchev–Trinajstić information content (AvgIpc) is 3.03. The van der Waals surface area contributed by atoms with Crippen LogP contribution in [0.4, 0.5) is 0 Å². The van der Waals surface area contributed by atoms with Gasteiger partial charge in [-0.2, -0.15) is 0 Å². The molecule has 0 amide bonds. The minimum atomic E-state index is 0.685. The number of nitrogens with one attached hydrogen (secondary N) is 1. The Morgan fingerprint density at radius 2 is 2.38 bits per heavy atom. The van der Waals surface area contributed by atoms with E-state index in [9.17, 15) is 0 Å². The number of aryl methyl sites for hydroxylation is 2. The van der Waals surface area contributed by atoms with E-state index >= 15 is 0 Å². The van der Waals surface area contributed by atoms with Crippen molar-refractivity contribution in [1.29, 1.82) is 0 Å². The van der Waals surface area contributed by atoms with Gasteiger partial charge in [-0.25, -0.2) is 4.68 Å². The minimum Gasteiger partial charge on any atom is -0.317 e. The second-order valence-corrected chi connectivity index (χ2v) is 4.72. The Labute approximate surface area is 97.4 Å². The van der Waals surface area contributed by atoms with Gasteiger partial charge in [0.05, 0.1) is 11.9 Å². The molecular formula is C12H22N4. The molecule has 1 unspecified atom stereocenters. The fourth-order valence-electron chi connectivity index (χ4n) is 2.29. The highest BCUT2D eigenvalue weighted by Crippen LogP contribution is 2.34. The maximum absolute atomic E-state index is 4.12. The van der Waals surface area contributed by atoms with E-state index < -0.39 is 0 Å². The third-order valence-electron chi connectivity index (χ3n) is 3.41. The molecule has 1 N–H and O–H groups in total. The Morgan fingerprint density at radius 1 is 1.56 bits per heavy atom. The van der Waals surface area contributed by atoms with E-state index in [0.717, 1.165) is 25.3 Å². The molecule has 1 saturated carbocycles. The van der Waals surface area contributed by atoms with Gasteiger partial charge in [0.25, 0.3) is 0 Å². The molecule has 1 aromatic heterocycles. The first kappa shape index (κ1) is 11.6. The van der Waals surface area contributed by atoms with E-state index in [1.807, 2.05) is 10.9 Å². The van der Waals surface area contributed by atoms with Gasteiger partial charge in [0.15, 0.2) is 0 Å². The summed E-state index contributed by atoms with van der Waals surface area (Å²) >= 11 is 0. The van der Waals surface area contributed by atoms with Crippen LogP contribution in [0.25, 0.3) is 0 Å². The lowest BCUT2D eigenvalue weighted by atomic mass is 10.1. The summed E-state index contributed by atoms with van der Waals surface area (Å²) in [7, 11) is 2.07. The molecule has 0 bridgehead atoms. The quantitative estimate of drug-likeness (QED) is 0.762. The van der Waals surface area contributed by atoms with E-state index in [1.165, 1.54) is 25.0 Å². The van der Waals surface area contributed by atoms with Crippen LogP contribution in [0.15, 0.2) is 6.20 Å². The highest BCUT2D eigenvalue weighted by atomic mass is 15.4. The summed E-state index contributed by atoms with van der Waals surface area (Å²) in [6.45, 7) is 3.16. The van der Waals surface area contributed by atoms with Crippen molar-refractivity contribution >= 4 is 0 Å². The van der Waals surface area contributed by atoms with Gasteiger partial charge in [-0.15, -0.1) is 5.10 Å². The minimum absolute atomic E-state index is 0.685. The highest BCUT2D eigenvalue weighted by Gasteiger charge is 2.29. The molecule has 1 aliphatic carbocycles. The topological polar surface area (TPSA) is 42.7 Å². The first-order valence-corrected chi connectivity index (χ1v) is 6.39. The monoisotopic (exact) mass is 222 g/mol. The molecule has 16 heavy (non-hydrogen) atoms.